The van der Waals surface area contributed by atoms with Gasteiger partial charge in [-0.15, -0.1) is 11.3 Å². The third-order valence-electron chi connectivity index (χ3n) is 5.83. The highest BCUT2D eigenvalue weighted by molar-refractivity contribution is 8.26. The molecule has 0 radical (unpaired) electrons. The summed E-state index contributed by atoms with van der Waals surface area (Å²) in [6.45, 7) is 0.845. The number of nitrogens with zero attached hydrogens (tertiary/aromatic N) is 1. The lowest BCUT2D eigenvalue weighted by Crippen LogP contribution is -2.29. The molecule has 2 aromatic carbocycles. The highest BCUT2D eigenvalue weighted by Gasteiger charge is 2.37. The van der Waals surface area contributed by atoms with Gasteiger partial charge in [0.15, 0.2) is 0 Å². The van der Waals surface area contributed by atoms with Crippen molar-refractivity contribution in [2.24, 2.45) is 0 Å². The number of carbonyl (C=O) groups excluding carboxylic acids is 1. The van der Waals surface area contributed by atoms with Gasteiger partial charge in [0, 0.05) is 18.0 Å². The van der Waals surface area contributed by atoms with E-state index in [1.165, 1.54) is 34.6 Å². The van der Waals surface area contributed by atoms with Gasteiger partial charge in [-0.1, -0.05) is 36.1 Å². The van der Waals surface area contributed by atoms with E-state index in [4.69, 9.17) is 22.1 Å². The number of rotatable bonds is 9. The molecule has 41 heavy (non-hydrogen) atoms. The zero-order valence-corrected chi connectivity index (χ0v) is 23.2. The first-order valence-electron chi connectivity index (χ1n) is 11.8. The van der Waals surface area contributed by atoms with Gasteiger partial charge in [-0.2, -0.15) is 26.3 Å². The number of halogens is 6. The predicted molar refractivity (Wildman–Crippen MR) is 147 cm³/mol. The summed E-state index contributed by atoms with van der Waals surface area (Å²) in [7, 11) is 0. The smallest absolute Gasteiger partial charge is 0.416 e. The summed E-state index contributed by atoms with van der Waals surface area (Å²) in [5, 5.41) is 10.4. The van der Waals surface area contributed by atoms with E-state index in [9.17, 15) is 35.9 Å². The number of alkyl halides is 6. The molecule has 2 heterocycles. The molecule has 1 aliphatic heterocycles. The van der Waals surface area contributed by atoms with E-state index >= 15 is 0 Å². The number of carboxylic acids is 1. The molecule has 1 amide bonds. The van der Waals surface area contributed by atoms with Crippen molar-refractivity contribution in [3.8, 4) is 11.1 Å². The van der Waals surface area contributed by atoms with Crippen LogP contribution in [0.3, 0.4) is 0 Å². The van der Waals surface area contributed by atoms with E-state index in [0.717, 1.165) is 28.7 Å². The van der Waals surface area contributed by atoms with Crippen LogP contribution in [0.4, 0.5) is 26.3 Å². The van der Waals surface area contributed by atoms with E-state index < -0.39 is 29.4 Å². The number of thiocarbonyl (C=S) groups is 1. The standard InChI is InChI=1S/C27H19F6NO4S3/c28-26(29,30)19-8-17(9-20(11-19)27(31,32)33)18-10-21(40-14-18)12-22-23(35)34(25(39)41-22)6-1-7-38-13-15-2-4-16(5-3-15)24(36)37/h2-5,8-12,14H,1,6-7,13H2,(H,36,37)/b22-12-. The maximum atomic E-state index is 13.2. The summed E-state index contributed by atoms with van der Waals surface area (Å²) in [5.41, 5.74) is -1.94. The minimum atomic E-state index is -4.96. The highest BCUT2D eigenvalue weighted by Crippen LogP contribution is 2.40. The second kappa shape index (κ2) is 12.3. The van der Waals surface area contributed by atoms with Crippen LogP contribution in [0.1, 0.15) is 38.3 Å². The van der Waals surface area contributed by atoms with E-state index in [0.29, 0.717) is 34.4 Å². The average molecular weight is 632 g/mol. The topological polar surface area (TPSA) is 66.8 Å². The molecule has 0 aliphatic carbocycles. The van der Waals surface area contributed by atoms with Gasteiger partial charge < -0.3 is 9.84 Å². The maximum Gasteiger partial charge on any atom is 0.416 e. The molecule has 0 bridgehead atoms. The molecule has 0 atom stereocenters. The van der Waals surface area contributed by atoms with Crippen LogP contribution in [0.15, 0.2) is 58.8 Å². The molecule has 1 aliphatic rings. The lowest BCUT2D eigenvalue weighted by atomic mass is 10.0. The Morgan fingerprint density at radius 2 is 1.61 bits per heavy atom. The molecule has 5 nitrogen and oxygen atoms in total. The van der Waals surface area contributed by atoms with Crippen LogP contribution in [0.25, 0.3) is 17.2 Å². The fourth-order valence-corrected chi connectivity index (χ4v) is 6.00. The van der Waals surface area contributed by atoms with Crippen molar-refractivity contribution in [3.63, 3.8) is 0 Å². The Bertz CT molecular complexity index is 1460. The molecule has 4 rings (SSSR count). The Balaban J connectivity index is 1.38. The third-order valence-corrected chi connectivity index (χ3v) is 8.09. The van der Waals surface area contributed by atoms with Gasteiger partial charge in [0.2, 0.25) is 0 Å². The van der Waals surface area contributed by atoms with E-state index in [2.05, 4.69) is 0 Å². The molecule has 1 N–H and O–H groups in total. The Morgan fingerprint density at radius 3 is 2.20 bits per heavy atom. The van der Waals surface area contributed by atoms with Crippen LogP contribution in [0.2, 0.25) is 0 Å². The van der Waals surface area contributed by atoms with Gasteiger partial charge >= 0.3 is 18.3 Å². The van der Waals surface area contributed by atoms with E-state index in [1.807, 2.05) is 0 Å². The molecular formula is C27H19F6NO4S3. The number of thiophene rings is 1. The van der Waals surface area contributed by atoms with Gasteiger partial charge in [-0.05, 0) is 71.0 Å². The first-order valence-corrected chi connectivity index (χ1v) is 13.9. The molecule has 1 aromatic heterocycles. The van der Waals surface area contributed by atoms with Gasteiger partial charge in [-0.3, -0.25) is 9.69 Å². The number of benzene rings is 2. The molecule has 1 saturated heterocycles. The van der Waals surface area contributed by atoms with Crippen molar-refractivity contribution < 1.29 is 45.8 Å². The molecule has 14 heteroatoms. The van der Waals surface area contributed by atoms with Gasteiger partial charge in [0.1, 0.15) is 4.32 Å². The second-order valence-corrected chi connectivity index (χ2v) is 11.4. The second-order valence-electron chi connectivity index (χ2n) is 8.77. The fraction of sp³-hybridized carbons (Fsp3) is 0.222. The van der Waals surface area contributed by atoms with Crippen LogP contribution in [-0.4, -0.2) is 39.4 Å². The van der Waals surface area contributed by atoms with Crippen molar-refractivity contribution in [3.05, 3.63) is 85.9 Å². The van der Waals surface area contributed by atoms with E-state index in [1.54, 1.807) is 12.1 Å². The minimum Gasteiger partial charge on any atom is -0.478 e. The average Bonchev–Trinajstić information content (AvgIpc) is 3.47. The lowest BCUT2D eigenvalue weighted by Gasteiger charge is -2.14. The molecular weight excluding hydrogens is 612 g/mol. The molecule has 0 unspecified atom stereocenters. The largest absolute Gasteiger partial charge is 0.478 e. The number of hydrogen-bond donors (Lipinski definition) is 1. The molecule has 216 valence electrons. The summed E-state index contributed by atoms with van der Waals surface area (Å²) < 4.78 is 85.3. The van der Waals surface area contributed by atoms with E-state index in [-0.39, 0.29) is 46.7 Å². The zero-order chi connectivity index (χ0) is 29.9. The van der Waals surface area contributed by atoms with Crippen LogP contribution < -0.4 is 0 Å². The quantitative estimate of drug-likeness (QED) is 0.112. The summed E-state index contributed by atoms with van der Waals surface area (Å²) in [5.74, 6) is -1.39. The van der Waals surface area contributed by atoms with Crippen LogP contribution in [-0.2, 0) is 28.5 Å². The Labute approximate surface area is 243 Å². The molecule has 0 spiro atoms. The first-order chi connectivity index (χ1) is 19.2. The summed E-state index contributed by atoms with van der Waals surface area (Å²) in [6, 6.07) is 9.06. The number of thioether (sulfide) groups is 1. The number of ether oxygens (including phenoxy) is 1. The Hall–Kier alpha value is -3.20. The minimum absolute atomic E-state index is 0.0751. The maximum absolute atomic E-state index is 13.2. The van der Waals surface area contributed by atoms with Crippen molar-refractivity contribution in [1.82, 2.24) is 4.90 Å². The number of carboxylic acid groups (broad SMARTS) is 1. The first kappa shape index (κ1) is 30.8. The SMILES string of the molecule is O=C(O)c1ccc(COCCCN2C(=O)/C(=C/c3cc(-c4cc(C(F)(F)F)cc(C(F)(F)F)c4)cs3)SC2=S)cc1. The number of amides is 1. The fourth-order valence-electron chi connectivity index (χ4n) is 3.78. The van der Waals surface area contributed by atoms with Crippen LogP contribution in [0.5, 0.6) is 0 Å². The van der Waals surface area contributed by atoms with Crippen molar-refractivity contribution in [2.45, 2.75) is 25.4 Å². The van der Waals surface area contributed by atoms with Crippen molar-refractivity contribution in [2.75, 3.05) is 13.2 Å². The number of aromatic carboxylic acids is 1. The Morgan fingerprint density at radius 1 is 0.976 bits per heavy atom. The molecule has 1 fully saturated rings. The molecule has 3 aromatic rings. The predicted octanol–water partition coefficient (Wildman–Crippen LogP) is 7.96. The summed E-state index contributed by atoms with van der Waals surface area (Å²) in [6.07, 6.45) is -7.95. The van der Waals surface area contributed by atoms with Crippen molar-refractivity contribution in [1.29, 1.82) is 0 Å². The summed E-state index contributed by atoms with van der Waals surface area (Å²) in [4.78, 5) is 25.9. The molecule has 0 saturated carbocycles. The van der Waals surface area contributed by atoms with Crippen molar-refractivity contribution >= 4 is 57.6 Å². The zero-order valence-electron chi connectivity index (χ0n) is 20.7. The number of hydrogen-bond acceptors (Lipinski definition) is 6. The summed E-state index contributed by atoms with van der Waals surface area (Å²) >= 11 is 7.42. The Kier molecular flexibility index (Phi) is 9.26. The lowest BCUT2D eigenvalue weighted by molar-refractivity contribution is -0.143. The van der Waals surface area contributed by atoms with Crippen LogP contribution in [0, 0.1) is 0 Å². The van der Waals surface area contributed by atoms with Gasteiger partial charge in [-0.25, -0.2) is 4.79 Å². The van der Waals surface area contributed by atoms with Crippen LogP contribution >= 0.6 is 35.3 Å². The van der Waals surface area contributed by atoms with Gasteiger partial charge in [0.25, 0.3) is 5.91 Å². The van der Waals surface area contributed by atoms with Gasteiger partial charge in [0.05, 0.1) is 28.2 Å². The highest BCUT2D eigenvalue weighted by atomic mass is 32.2. The number of carbonyl (C=O) groups is 2. The third kappa shape index (κ3) is 7.76. The normalized spacial score (nSPS) is 15.3. The monoisotopic (exact) mass is 631 g/mol.